The van der Waals surface area contributed by atoms with E-state index >= 15 is 0 Å². The highest BCUT2D eigenvalue weighted by Crippen LogP contribution is 2.34. The molecule has 3 heterocycles. The van der Waals surface area contributed by atoms with Crippen molar-refractivity contribution in [3.63, 3.8) is 0 Å². The van der Waals surface area contributed by atoms with Gasteiger partial charge in [0.1, 0.15) is 0 Å². The lowest BCUT2D eigenvalue weighted by molar-refractivity contribution is 0.536. The number of nitrogens with zero attached hydrogens (tertiary/aromatic N) is 2. The molecule has 0 saturated carbocycles. The third-order valence-corrected chi connectivity index (χ3v) is 7.68. The summed E-state index contributed by atoms with van der Waals surface area (Å²) in [5.41, 5.74) is 5.58. The number of thiazole rings is 1. The Morgan fingerprint density at radius 3 is 2.69 bits per heavy atom. The maximum Gasteiger partial charge on any atom is 0.152 e. The van der Waals surface area contributed by atoms with Crippen LogP contribution in [0.2, 0.25) is 0 Å². The molecule has 1 atom stereocenters. The van der Waals surface area contributed by atoms with Crippen LogP contribution >= 0.6 is 11.3 Å². The molecule has 2 aromatic heterocycles. The molecule has 1 fully saturated rings. The summed E-state index contributed by atoms with van der Waals surface area (Å²) in [6.45, 7) is 4.13. The molecular weight excluding hydrogens is 364 g/mol. The van der Waals surface area contributed by atoms with Crippen molar-refractivity contribution in [2.45, 2.75) is 32.7 Å². The van der Waals surface area contributed by atoms with Gasteiger partial charge in [0.2, 0.25) is 0 Å². The maximum atomic E-state index is 11.9. The summed E-state index contributed by atoms with van der Waals surface area (Å²) in [5, 5.41) is 3.20. The first kappa shape index (κ1) is 17.5. The molecule has 0 spiro atoms. The molecule has 3 aromatic rings. The number of benzene rings is 1. The molecule has 1 aliphatic rings. The number of hydrogen-bond acceptors (Lipinski definition) is 4. The van der Waals surface area contributed by atoms with E-state index in [1.807, 2.05) is 18.2 Å². The van der Waals surface area contributed by atoms with Crippen LogP contribution in [0.3, 0.4) is 0 Å². The van der Waals surface area contributed by atoms with Gasteiger partial charge in [0, 0.05) is 34.8 Å². The highest BCUT2D eigenvalue weighted by molar-refractivity contribution is 7.91. The number of aryl methyl sites for hydroxylation is 1. The first-order chi connectivity index (χ1) is 12.4. The van der Waals surface area contributed by atoms with Gasteiger partial charge in [-0.25, -0.2) is 13.4 Å². The van der Waals surface area contributed by atoms with Crippen molar-refractivity contribution in [3.05, 3.63) is 63.7 Å². The van der Waals surface area contributed by atoms with Gasteiger partial charge in [-0.2, -0.15) is 0 Å². The Kier molecular flexibility index (Phi) is 4.49. The quantitative estimate of drug-likeness (QED) is 0.676. The third kappa shape index (κ3) is 3.35. The van der Waals surface area contributed by atoms with E-state index in [4.69, 9.17) is 4.98 Å². The molecule has 1 aliphatic heterocycles. The minimum atomic E-state index is -2.90. The Bertz CT molecular complexity index is 1030. The van der Waals surface area contributed by atoms with Gasteiger partial charge in [-0.15, -0.1) is 11.3 Å². The van der Waals surface area contributed by atoms with Crippen LogP contribution in [0, 0.1) is 13.8 Å². The van der Waals surface area contributed by atoms with Crippen molar-refractivity contribution in [2.24, 2.45) is 0 Å². The lowest BCUT2D eigenvalue weighted by Gasteiger charge is -2.16. The first-order valence-electron chi connectivity index (χ1n) is 8.80. The average molecular weight is 387 g/mol. The fraction of sp³-hybridized carbons (Fsp3) is 0.350. The van der Waals surface area contributed by atoms with Crippen molar-refractivity contribution in [3.8, 4) is 11.3 Å². The van der Waals surface area contributed by atoms with Gasteiger partial charge < -0.3 is 4.57 Å². The van der Waals surface area contributed by atoms with Crippen LogP contribution in [0.1, 0.15) is 34.4 Å². The van der Waals surface area contributed by atoms with E-state index in [-0.39, 0.29) is 11.8 Å². The van der Waals surface area contributed by atoms with E-state index in [9.17, 15) is 8.42 Å². The summed E-state index contributed by atoms with van der Waals surface area (Å²) < 4.78 is 25.9. The predicted molar refractivity (Wildman–Crippen MR) is 107 cm³/mol. The van der Waals surface area contributed by atoms with Crippen LogP contribution in [0.15, 0.2) is 41.8 Å². The molecule has 26 heavy (non-hydrogen) atoms. The molecule has 4 nitrogen and oxygen atoms in total. The topological polar surface area (TPSA) is 52.0 Å². The Hall–Kier alpha value is -1.92. The van der Waals surface area contributed by atoms with E-state index in [0.717, 1.165) is 34.1 Å². The van der Waals surface area contributed by atoms with Crippen molar-refractivity contribution < 1.29 is 8.42 Å². The molecule has 6 heteroatoms. The molecular formula is C20H22N2O2S2. The lowest BCUT2D eigenvalue weighted by atomic mass is 10.1. The van der Waals surface area contributed by atoms with Crippen molar-refractivity contribution in [1.82, 2.24) is 9.55 Å². The molecule has 0 radical (unpaired) electrons. The number of rotatable bonds is 4. The zero-order valence-electron chi connectivity index (χ0n) is 15.0. The molecule has 0 unspecified atom stereocenters. The number of sulfone groups is 1. The number of hydrogen-bond donors (Lipinski definition) is 0. The molecule has 0 aliphatic carbocycles. The Labute approximate surface area is 158 Å². The molecule has 136 valence electrons. The van der Waals surface area contributed by atoms with Gasteiger partial charge >= 0.3 is 0 Å². The second-order valence-corrected chi connectivity index (χ2v) is 10.2. The smallest absolute Gasteiger partial charge is 0.152 e. The van der Waals surface area contributed by atoms with Crippen molar-refractivity contribution >= 4 is 21.2 Å². The molecule has 0 N–H and O–H groups in total. The van der Waals surface area contributed by atoms with Crippen LogP contribution in [0.4, 0.5) is 0 Å². The normalized spacial score (nSPS) is 19.1. The SMILES string of the molecule is Cc1cc(-c2csc(Cc3ccccc3)n2)c(C)n1[C@H]1CCS(=O)(=O)C1. The van der Waals surface area contributed by atoms with Gasteiger partial charge in [-0.1, -0.05) is 30.3 Å². The van der Waals surface area contributed by atoms with E-state index in [0.29, 0.717) is 12.2 Å². The minimum Gasteiger partial charge on any atom is -0.344 e. The predicted octanol–water partition coefficient (Wildman–Crippen LogP) is 4.18. The molecule has 1 saturated heterocycles. The Balaban J connectivity index is 1.62. The second kappa shape index (κ2) is 6.67. The van der Waals surface area contributed by atoms with E-state index in [2.05, 4.69) is 42.0 Å². The molecule has 4 rings (SSSR count). The van der Waals surface area contributed by atoms with E-state index < -0.39 is 9.84 Å². The molecule has 0 bridgehead atoms. The zero-order chi connectivity index (χ0) is 18.3. The van der Waals surface area contributed by atoms with Crippen LogP contribution in [-0.2, 0) is 16.3 Å². The van der Waals surface area contributed by atoms with Gasteiger partial charge in [-0.3, -0.25) is 0 Å². The van der Waals surface area contributed by atoms with Crippen LogP contribution in [0.25, 0.3) is 11.3 Å². The largest absolute Gasteiger partial charge is 0.344 e. The summed E-state index contributed by atoms with van der Waals surface area (Å²) >= 11 is 1.68. The lowest BCUT2D eigenvalue weighted by Crippen LogP contribution is -2.13. The summed E-state index contributed by atoms with van der Waals surface area (Å²) in [7, 11) is -2.90. The third-order valence-electron chi connectivity index (χ3n) is 5.08. The van der Waals surface area contributed by atoms with E-state index in [1.165, 1.54) is 5.56 Å². The second-order valence-electron chi connectivity index (χ2n) is 7.00. The van der Waals surface area contributed by atoms with Crippen molar-refractivity contribution in [2.75, 3.05) is 11.5 Å². The monoisotopic (exact) mass is 386 g/mol. The fourth-order valence-corrected chi connectivity index (χ4v) is 6.39. The highest BCUT2D eigenvalue weighted by Gasteiger charge is 2.31. The first-order valence-corrected chi connectivity index (χ1v) is 11.5. The summed E-state index contributed by atoms with van der Waals surface area (Å²) in [6, 6.07) is 12.5. The summed E-state index contributed by atoms with van der Waals surface area (Å²) in [5.74, 6) is 0.543. The standard InChI is InChI=1S/C20H22N2O2S2/c1-14-10-18(15(2)22(14)17-8-9-26(23,24)13-17)19-12-25-20(21-19)11-16-6-4-3-5-7-16/h3-7,10,12,17H,8-9,11,13H2,1-2H3/t17-/m0/s1. The van der Waals surface area contributed by atoms with Gasteiger partial charge in [0.05, 0.1) is 22.2 Å². The maximum absolute atomic E-state index is 11.9. The van der Waals surface area contributed by atoms with Crippen LogP contribution < -0.4 is 0 Å². The summed E-state index contributed by atoms with van der Waals surface area (Å²) in [6.07, 6.45) is 1.54. The van der Waals surface area contributed by atoms with Crippen LogP contribution in [-0.4, -0.2) is 29.5 Å². The van der Waals surface area contributed by atoms with Crippen molar-refractivity contribution in [1.29, 1.82) is 0 Å². The molecule has 0 amide bonds. The van der Waals surface area contributed by atoms with Gasteiger partial charge in [-0.05, 0) is 31.9 Å². The fourth-order valence-electron chi connectivity index (χ4n) is 3.86. The Morgan fingerprint density at radius 2 is 2.00 bits per heavy atom. The Morgan fingerprint density at radius 1 is 1.23 bits per heavy atom. The minimum absolute atomic E-state index is 0.0520. The average Bonchev–Trinajstić information content (AvgIpc) is 3.27. The zero-order valence-corrected chi connectivity index (χ0v) is 16.6. The van der Waals surface area contributed by atoms with Gasteiger partial charge in [0.25, 0.3) is 0 Å². The molecule has 1 aromatic carbocycles. The van der Waals surface area contributed by atoms with Gasteiger partial charge in [0.15, 0.2) is 9.84 Å². The highest BCUT2D eigenvalue weighted by atomic mass is 32.2. The van der Waals surface area contributed by atoms with E-state index in [1.54, 1.807) is 11.3 Å². The van der Waals surface area contributed by atoms with Crippen LogP contribution in [0.5, 0.6) is 0 Å². The summed E-state index contributed by atoms with van der Waals surface area (Å²) in [4.78, 5) is 4.83. The number of aromatic nitrogens is 2.